The molecule has 0 radical (unpaired) electrons. The zero-order chi connectivity index (χ0) is 18.7. The van der Waals surface area contributed by atoms with E-state index in [2.05, 4.69) is 21.8 Å². The van der Waals surface area contributed by atoms with Crippen LogP contribution in [0.1, 0.15) is 63.1 Å². The van der Waals surface area contributed by atoms with Crippen molar-refractivity contribution in [2.75, 3.05) is 18.8 Å². The minimum Gasteiger partial charge on any atom is -0.342 e. The van der Waals surface area contributed by atoms with Gasteiger partial charge in [-0.3, -0.25) is 4.79 Å². The molecular formula is C17H28N4O4S. The van der Waals surface area contributed by atoms with Crippen molar-refractivity contribution in [2.24, 2.45) is 5.92 Å². The summed E-state index contributed by atoms with van der Waals surface area (Å²) >= 11 is 0. The van der Waals surface area contributed by atoms with Crippen LogP contribution < -0.4 is 4.72 Å². The summed E-state index contributed by atoms with van der Waals surface area (Å²) in [6, 6.07) is -0.0319. The molecule has 0 unspecified atom stereocenters. The normalized spacial score (nSPS) is 25.4. The number of amides is 1. The molecule has 1 saturated carbocycles. The van der Waals surface area contributed by atoms with Crippen LogP contribution in [0.2, 0.25) is 0 Å². The van der Waals surface area contributed by atoms with Crippen molar-refractivity contribution in [3.63, 3.8) is 0 Å². The van der Waals surface area contributed by atoms with Crippen molar-refractivity contribution >= 4 is 15.9 Å². The Bertz CT molecular complexity index is 717. The zero-order valence-corrected chi connectivity index (χ0v) is 16.3. The van der Waals surface area contributed by atoms with Crippen LogP contribution in [0, 0.1) is 12.8 Å². The van der Waals surface area contributed by atoms with E-state index in [0.29, 0.717) is 43.6 Å². The second-order valence-electron chi connectivity index (χ2n) is 7.67. The molecule has 0 spiro atoms. The quantitative estimate of drug-likeness (QED) is 0.826. The van der Waals surface area contributed by atoms with Gasteiger partial charge in [-0.25, -0.2) is 13.1 Å². The molecule has 1 saturated heterocycles. The highest BCUT2D eigenvalue weighted by Crippen LogP contribution is 2.27. The van der Waals surface area contributed by atoms with Crippen LogP contribution in [0.3, 0.4) is 0 Å². The van der Waals surface area contributed by atoms with Crippen LogP contribution in [0.15, 0.2) is 4.52 Å². The Kier molecular flexibility index (Phi) is 5.96. The second kappa shape index (κ2) is 8.04. The first-order valence-corrected chi connectivity index (χ1v) is 11.1. The number of carbonyl (C=O) groups is 1. The lowest BCUT2D eigenvalue weighted by atomic mass is 9.88. The Morgan fingerprint density at radius 1 is 1.19 bits per heavy atom. The number of aromatic nitrogens is 2. The molecule has 2 heterocycles. The standard InChI is InChI=1S/C17H28N4O4S/c1-12-3-5-15(6-4-12)20-26(23,24)11-16(22)21-9-7-14(8-10-21)17-18-13(2)19-25-17/h12,14-15,20H,3-11H2,1-2H3. The van der Waals surface area contributed by atoms with E-state index >= 15 is 0 Å². The van der Waals surface area contributed by atoms with Crippen molar-refractivity contribution in [3.8, 4) is 0 Å². The Morgan fingerprint density at radius 3 is 2.42 bits per heavy atom. The molecule has 146 valence electrons. The summed E-state index contributed by atoms with van der Waals surface area (Å²) in [6.07, 6.45) is 5.18. The lowest BCUT2D eigenvalue weighted by molar-refractivity contribution is -0.129. The average Bonchev–Trinajstić information content (AvgIpc) is 3.03. The second-order valence-corrected chi connectivity index (χ2v) is 9.42. The molecule has 3 rings (SSSR count). The lowest BCUT2D eigenvalue weighted by Crippen LogP contribution is -2.45. The van der Waals surface area contributed by atoms with Gasteiger partial charge >= 0.3 is 0 Å². The maximum Gasteiger partial charge on any atom is 0.239 e. The lowest BCUT2D eigenvalue weighted by Gasteiger charge is -2.31. The Hall–Kier alpha value is -1.48. The predicted molar refractivity (Wildman–Crippen MR) is 95.9 cm³/mol. The number of nitrogens with zero attached hydrogens (tertiary/aromatic N) is 3. The van der Waals surface area contributed by atoms with Crippen LogP contribution in [0.4, 0.5) is 0 Å². The molecule has 0 aromatic carbocycles. The maximum atomic E-state index is 12.4. The third kappa shape index (κ3) is 5.03. The molecule has 2 fully saturated rings. The molecule has 1 aromatic heterocycles. The van der Waals surface area contributed by atoms with Crippen LogP contribution in [0.5, 0.6) is 0 Å². The summed E-state index contributed by atoms with van der Waals surface area (Å²) in [5.41, 5.74) is 0. The summed E-state index contributed by atoms with van der Waals surface area (Å²) in [5, 5.41) is 3.80. The van der Waals surface area contributed by atoms with E-state index in [4.69, 9.17) is 4.52 Å². The first-order chi connectivity index (χ1) is 12.3. The molecular weight excluding hydrogens is 356 g/mol. The molecule has 2 aliphatic rings. The minimum absolute atomic E-state index is 0.0319. The van der Waals surface area contributed by atoms with Crippen molar-refractivity contribution in [1.29, 1.82) is 0 Å². The predicted octanol–water partition coefficient (Wildman–Crippen LogP) is 1.58. The van der Waals surface area contributed by atoms with Gasteiger partial charge < -0.3 is 9.42 Å². The largest absolute Gasteiger partial charge is 0.342 e. The third-order valence-electron chi connectivity index (χ3n) is 5.42. The van der Waals surface area contributed by atoms with Crippen molar-refractivity contribution in [1.82, 2.24) is 19.8 Å². The van der Waals surface area contributed by atoms with E-state index in [-0.39, 0.29) is 17.9 Å². The van der Waals surface area contributed by atoms with Crippen molar-refractivity contribution < 1.29 is 17.7 Å². The summed E-state index contributed by atoms with van der Waals surface area (Å²) in [5.74, 6) is 1.20. The highest BCUT2D eigenvalue weighted by atomic mass is 32.2. The molecule has 0 bridgehead atoms. The molecule has 1 aliphatic carbocycles. The smallest absolute Gasteiger partial charge is 0.239 e. The number of sulfonamides is 1. The Balaban J connectivity index is 1.47. The molecule has 8 nitrogen and oxygen atoms in total. The number of hydrogen-bond acceptors (Lipinski definition) is 6. The van der Waals surface area contributed by atoms with E-state index < -0.39 is 15.8 Å². The Morgan fingerprint density at radius 2 is 1.85 bits per heavy atom. The van der Waals surface area contributed by atoms with Gasteiger partial charge in [0.15, 0.2) is 5.82 Å². The van der Waals surface area contributed by atoms with Gasteiger partial charge in [0.1, 0.15) is 5.75 Å². The number of aryl methyl sites for hydroxylation is 1. The third-order valence-corrected chi connectivity index (χ3v) is 6.74. The van der Waals surface area contributed by atoms with Crippen molar-refractivity contribution in [2.45, 2.75) is 64.3 Å². The molecule has 1 amide bonds. The van der Waals surface area contributed by atoms with Crippen LogP contribution in [0.25, 0.3) is 0 Å². The highest BCUT2D eigenvalue weighted by molar-refractivity contribution is 7.90. The number of carbonyl (C=O) groups excluding carboxylic acids is 1. The number of piperidine rings is 1. The molecule has 1 aliphatic heterocycles. The summed E-state index contributed by atoms with van der Waals surface area (Å²) in [4.78, 5) is 18.3. The molecule has 1 N–H and O–H groups in total. The maximum absolute atomic E-state index is 12.4. The zero-order valence-electron chi connectivity index (χ0n) is 15.5. The fourth-order valence-electron chi connectivity index (χ4n) is 3.78. The van der Waals surface area contributed by atoms with E-state index in [9.17, 15) is 13.2 Å². The first-order valence-electron chi connectivity index (χ1n) is 9.40. The van der Waals surface area contributed by atoms with E-state index in [1.165, 1.54) is 0 Å². The minimum atomic E-state index is -3.59. The van der Waals surface area contributed by atoms with Gasteiger partial charge in [0, 0.05) is 25.0 Å². The van der Waals surface area contributed by atoms with Gasteiger partial charge in [-0.05, 0) is 51.4 Å². The molecule has 1 aromatic rings. The fraction of sp³-hybridized carbons (Fsp3) is 0.824. The van der Waals surface area contributed by atoms with Crippen LogP contribution in [-0.4, -0.2) is 54.2 Å². The first kappa shape index (κ1) is 19.3. The summed E-state index contributed by atoms with van der Waals surface area (Å²) in [7, 11) is -3.59. The number of hydrogen-bond donors (Lipinski definition) is 1. The van der Waals surface area contributed by atoms with Gasteiger partial charge in [0.05, 0.1) is 0 Å². The molecule has 26 heavy (non-hydrogen) atoms. The molecule has 0 atom stereocenters. The van der Waals surface area contributed by atoms with Gasteiger partial charge in [-0.15, -0.1) is 0 Å². The van der Waals surface area contributed by atoms with E-state index in [1.54, 1.807) is 11.8 Å². The number of rotatable bonds is 5. The van der Waals surface area contributed by atoms with Gasteiger partial charge in [-0.1, -0.05) is 12.1 Å². The highest BCUT2D eigenvalue weighted by Gasteiger charge is 2.30. The van der Waals surface area contributed by atoms with Gasteiger partial charge in [0.25, 0.3) is 0 Å². The topological polar surface area (TPSA) is 105 Å². The van der Waals surface area contributed by atoms with Gasteiger partial charge in [-0.2, -0.15) is 4.98 Å². The Labute approximate surface area is 154 Å². The van der Waals surface area contributed by atoms with E-state index in [1.807, 2.05) is 0 Å². The SMILES string of the molecule is Cc1noc(C2CCN(C(=O)CS(=O)(=O)NC3CCC(C)CC3)CC2)n1. The fourth-order valence-corrected chi connectivity index (χ4v) is 5.12. The monoisotopic (exact) mass is 384 g/mol. The summed E-state index contributed by atoms with van der Waals surface area (Å²) < 4.78 is 32.6. The van der Waals surface area contributed by atoms with Crippen molar-refractivity contribution in [3.05, 3.63) is 11.7 Å². The molecule has 9 heteroatoms. The van der Waals surface area contributed by atoms with Gasteiger partial charge in [0.2, 0.25) is 21.8 Å². The average molecular weight is 385 g/mol. The number of likely N-dealkylation sites (tertiary alicyclic amines) is 1. The van der Waals surface area contributed by atoms with Crippen LogP contribution >= 0.6 is 0 Å². The van der Waals surface area contributed by atoms with Crippen LogP contribution in [-0.2, 0) is 14.8 Å². The summed E-state index contributed by atoms with van der Waals surface area (Å²) in [6.45, 7) is 4.99. The van der Waals surface area contributed by atoms with E-state index in [0.717, 1.165) is 25.7 Å². The number of nitrogens with one attached hydrogen (secondary N) is 1.